The average molecular weight is 445 g/mol. The zero-order valence-corrected chi connectivity index (χ0v) is 19.7. The van der Waals surface area contributed by atoms with Crippen molar-refractivity contribution >= 4 is 0 Å². The zero-order valence-electron chi connectivity index (χ0n) is 19.7. The summed E-state index contributed by atoms with van der Waals surface area (Å²) in [5.74, 6) is -0.253. The summed E-state index contributed by atoms with van der Waals surface area (Å²) in [5, 5.41) is 8.46. The van der Waals surface area contributed by atoms with Crippen LogP contribution >= 0.6 is 0 Å². The molecule has 3 rings (SSSR count). The zero-order chi connectivity index (χ0) is 22.8. The van der Waals surface area contributed by atoms with E-state index < -0.39 is 11.6 Å². The molecular weight excluding hydrogens is 406 g/mol. The Morgan fingerprint density at radius 1 is 0.812 bits per heavy atom. The highest BCUT2D eigenvalue weighted by Gasteiger charge is 2.21. The van der Waals surface area contributed by atoms with E-state index in [1.165, 1.54) is 63.5 Å². The standard InChI is InChI=1S/C27H38F2N2O/c1-3-5-7-8-20-9-11-21(12-10-20)13-14-22-15-17-24(31-30-22)23-16-18-25(27(29)26(23)28)32-19-6-4-2/h15-18,20-21H,3-14,19H2,1-2H3. The second-order valence-electron chi connectivity index (χ2n) is 9.27. The molecule has 0 aliphatic heterocycles. The van der Waals surface area contributed by atoms with Crippen molar-refractivity contribution in [2.45, 2.75) is 90.9 Å². The third-order valence-electron chi connectivity index (χ3n) is 6.79. The number of ether oxygens (including phenoxy) is 1. The molecule has 0 unspecified atom stereocenters. The maximum absolute atomic E-state index is 14.6. The molecule has 1 aromatic heterocycles. The summed E-state index contributed by atoms with van der Waals surface area (Å²) in [6.07, 6.45) is 14.6. The van der Waals surface area contributed by atoms with Crippen LogP contribution in [0.3, 0.4) is 0 Å². The number of benzene rings is 1. The molecule has 0 N–H and O–H groups in total. The van der Waals surface area contributed by atoms with Crippen LogP contribution in [-0.2, 0) is 6.42 Å². The van der Waals surface area contributed by atoms with Gasteiger partial charge in [-0.2, -0.15) is 14.6 Å². The summed E-state index contributed by atoms with van der Waals surface area (Å²) < 4.78 is 34.2. The summed E-state index contributed by atoms with van der Waals surface area (Å²) in [6, 6.07) is 6.62. The first-order valence-electron chi connectivity index (χ1n) is 12.6. The van der Waals surface area contributed by atoms with Crippen LogP contribution in [0, 0.1) is 23.5 Å². The lowest BCUT2D eigenvalue weighted by molar-refractivity contribution is 0.248. The highest BCUT2D eigenvalue weighted by atomic mass is 19.2. The monoisotopic (exact) mass is 444 g/mol. The van der Waals surface area contributed by atoms with Gasteiger partial charge in [0.25, 0.3) is 0 Å². The van der Waals surface area contributed by atoms with E-state index in [4.69, 9.17) is 4.74 Å². The predicted molar refractivity (Wildman–Crippen MR) is 126 cm³/mol. The van der Waals surface area contributed by atoms with E-state index in [1.807, 2.05) is 13.0 Å². The van der Waals surface area contributed by atoms with Gasteiger partial charge >= 0.3 is 0 Å². The van der Waals surface area contributed by atoms with Gasteiger partial charge in [-0.25, -0.2) is 4.39 Å². The van der Waals surface area contributed by atoms with Crippen molar-refractivity contribution in [1.82, 2.24) is 10.2 Å². The Morgan fingerprint density at radius 2 is 1.53 bits per heavy atom. The smallest absolute Gasteiger partial charge is 0.201 e. The highest BCUT2D eigenvalue weighted by molar-refractivity contribution is 5.61. The molecule has 5 heteroatoms. The lowest BCUT2D eigenvalue weighted by Crippen LogP contribution is -2.15. The first-order chi connectivity index (χ1) is 15.6. The number of aryl methyl sites for hydroxylation is 1. The molecule has 1 fully saturated rings. The normalized spacial score (nSPS) is 18.6. The van der Waals surface area contributed by atoms with Gasteiger partial charge in [0.2, 0.25) is 5.82 Å². The van der Waals surface area contributed by atoms with E-state index >= 15 is 0 Å². The Bertz CT molecular complexity index is 817. The maximum atomic E-state index is 14.6. The molecule has 32 heavy (non-hydrogen) atoms. The summed E-state index contributed by atoms with van der Waals surface area (Å²) in [7, 11) is 0. The largest absolute Gasteiger partial charge is 0.490 e. The molecule has 0 bridgehead atoms. The highest BCUT2D eigenvalue weighted by Crippen LogP contribution is 2.34. The van der Waals surface area contributed by atoms with Gasteiger partial charge in [-0.15, -0.1) is 0 Å². The van der Waals surface area contributed by atoms with Crippen LogP contribution in [0.2, 0.25) is 0 Å². The SMILES string of the molecule is CCCCCC1CCC(CCc2ccc(-c3ccc(OCCCC)c(F)c3F)nn2)CC1. The number of halogens is 2. The Labute approximate surface area is 192 Å². The van der Waals surface area contributed by atoms with Crippen molar-refractivity contribution < 1.29 is 13.5 Å². The lowest BCUT2D eigenvalue weighted by Gasteiger charge is -2.28. The van der Waals surface area contributed by atoms with Crippen LogP contribution in [0.5, 0.6) is 5.75 Å². The van der Waals surface area contributed by atoms with Gasteiger partial charge in [-0.3, -0.25) is 0 Å². The van der Waals surface area contributed by atoms with Gasteiger partial charge < -0.3 is 4.74 Å². The maximum Gasteiger partial charge on any atom is 0.201 e. The molecular formula is C27H38F2N2O. The van der Waals surface area contributed by atoms with E-state index in [0.717, 1.165) is 43.2 Å². The fourth-order valence-corrected chi connectivity index (χ4v) is 4.65. The van der Waals surface area contributed by atoms with E-state index in [-0.39, 0.29) is 11.3 Å². The van der Waals surface area contributed by atoms with Crippen molar-refractivity contribution in [1.29, 1.82) is 0 Å². The first kappa shape index (κ1) is 24.6. The van der Waals surface area contributed by atoms with E-state index in [1.54, 1.807) is 6.07 Å². The molecule has 1 aliphatic rings. The molecule has 2 aromatic rings. The van der Waals surface area contributed by atoms with Gasteiger partial charge in [0.05, 0.1) is 18.0 Å². The van der Waals surface area contributed by atoms with Gasteiger partial charge in [0.1, 0.15) is 0 Å². The van der Waals surface area contributed by atoms with Crippen LogP contribution in [-0.4, -0.2) is 16.8 Å². The van der Waals surface area contributed by atoms with Crippen LogP contribution in [0.15, 0.2) is 24.3 Å². The molecule has 1 heterocycles. The summed E-state index contributed by atoms with van der Waals surface area (Å²) in [4.78, 5) is 0. The van der Waals surface area contributed by atoms with Crippen LogP contribution in [0.4, 0.5) is 8.78 Å². The first-order valence-corrected chi connectivity index (χ1v) is 12.6. The van der Waals surface area contributed by atoms with Crippen LogP contribution in [0.1, 0.15) is 90.2 Å². The Morgan fingerprint density at radius 3 is 2.19 bits per heavy atom. The van der Waals surface area contributed by atoms with Gasteiger partial charge in [0.15, 0.2) is 11.6 Å². The number of aromatic nitrogens is 2. The summed E-state index contributed by atoms with van der Waals surface area (Å²) in [5.41, 5.74) is 1.38. The van der Waals surface area contributed by atoms with Gasteiger partial charge in [-0.05, 0) is 55.4 Å². The van der Waals surface area contributed by atoms with Gasteiger partial charge in [-0.1, -0.05) is 71.6 Å². The molecule has 0 saturated heterocycles. The Hall–Kier alpha value is -2.04. The number of rotatable bonds is 12. The predicted octanol–water partition coefficient (Wildman–Crippen LogP) is 7.92. The number of hydrogen-bond donors (Lipinski definition) is 0. The molecule has 0 spiro atoms. The summed E-state index contributed by atoms with van der Waals surface area (Å²) in [6.45, 7) is 4.66. The number of hydrogen-bond acceptors (Lipinski definition) is 3. The minimum absolute atomic E-state index is 0.0515. The molecule has 0 atom stereocenters. The summed E-state index contributed by atoms with van der Waals surface area (Å²) >= 11 is 0. The van der Waals surface area contributed by atoms with E-state index in [2.05, 4.69) is 17.1 Å². The van der Waals surface area contributed by atoms with Crippen LogP contribution in [0.25, 0.3) is 11.3 Å². The topological polar surface area (TPSA) is 35.0 Å². The van der Waals surface area contributed by atoms with Crippen molar-refractivity contribution in [2.75, 3.05) is 6.61 Å². The van der Waals surface area contributed by atoms with Crippen molar-refractivity contribution in [2.24, 2.45) is 11.8 Å². The quantitative estimate of drug-likeness (QED) is 0.312. The van der Waals surface area contributed by atoms with Crippen LogP contribution < -0.4 is 4.74 Å². The van der Waals surface area contributed by atoms with Crippen molar-refractivity contribution in [3.8, 4) is 17.0 Å². The van der Waals surface area contributed by atoms with E-state index in [9.17, 15) is 8.78 Å². The molecule has 3 nitrogen and oxygen atoms in total. The van der Waals surface area contributed by atoms with Crippen molar-refractivity contribution in [3.63, 3.8) is 0 Å². The fraction of sp³-hybridized carbons (Fsp3) is 0.630. The Kier molecular flexibility index (Phi) is 9.89. The minimum Gasteiger partial charge on any atom is -0.490 e. The number of unbranched alkanes of at least 4 members (excludes halogenated alkanes) is 3. The average Bonchev–Trinajstić information content (AvgIpc) is 2.82. The second kappa shape index (κ2) is 12.9. The van der Waals surface area contributed by atoms with Gasteiger partial charge in [0, 0.05) is 5.56 Å². The minimum atomic E-state index is -0.963. The van der Waals surface area contributed by atoms with E-state index in [0.29, 0.717) is 12.3 Å². The molecule has 1 aromatic carbocycles. The fourth-order valence-electron chi connectivity index (χ4n) is 4.65. The molecule has 1 aliphatic carbocycles. The molecule has 176 valence electrons. The second-order valence-corrected chi connectivity index (χ2v) is 9.27. The number of nitrogens with zero attached hydrogens (tertiary/aromatic N) is 2. The molecule has 0 amide bonds. The Balaban J connectivity index is 1.50. The molecule has 1 saturated carbocycles. The molecule has 0 radical (unpaired) electrons. The van der Waals surface area contributed by atoms with Crippen molar-refractivity contribution in [3.05, 3.63) is 41.6 Å². The lowest BCUT2D eigenvalue weighted by atomic mass is 9.78. The third kappa shape index (κ3) is 6.98. The third-order valence-corrected chi connectivity index (χ3v) is 6.79.